The van der Waals surface area contributed by atoms with Crippen molar-refractivity contribution >= 4 is 82.7 Å². The Labute approximate surface area is 418 Å². The molecule has 0 radical (unpaired) electrons. The second-order valence-corrected chi connectivity index (χ2v) is 20.7. The molecule has 1 N–H and O–H groups in total. The van der Waals surface area contributed by atoms with E-state index < -0.39 is 116 Å². The van der Waals surface area contributed by atoms with Gasteiger partial charge in [0.25, 0.3) is 5.91 Å². The van der Waals surface area contributed by atoms with Crippen LogP contribution >= 0.6 is 41.2 Å². The van der Waals surface area contributed by atoms with Gasteiger partial charge in [0.1, 0.15) is 23.9 Å². The number of carbonyl (C=O) groups excluding carboxylic acids is 6. The Kier molecular flexibility index (Phi) is 22.3. The van der Waals surface area contributed by atoms with Crippen molar-refractivity contribution < 1.29 is 84.5 Å². The van der Waals surface area contributed by atoms with Gasteiger partial charge in [-0.05, 0) is 30.3 Å². The third-order valence-corrected chi connectivity index (χ3v) is 15.0. The number of nitrogens with zero attached hydrogens (tertiary/aromatic N) is 3. The molecule has 0 saturated carbocycles. The lowest BCUT2D eigenvalue weighted by Gasteiger charge is -2.44. The number of thioether (sulfide) groups is 1. The van der Waals surface area contributed by atoms with Crippen molar-refractivity contribution in [3.05, 3.63) is 94.5 Å². The number of rotatable bonds is 25. The number of ether oxygens (including phenoxy) is 7. The van der Waals surface area contributed by atoms with Gasteiger partial charge < -0.3 is 38.5 Å². The summed E-state index contributed by atoms with van der Waals surface area (Å²) in [6, 6.07) is 19.1. The highest BCUT2D eigenvalue weighted by molar-refractivity contribution is 8.76. The summed E-state index contributed by atoms with van der Waals surface area (Å²) in [5, 5.41) is 9.22. The molecule has 1 unspecified atom stereocenters. The number of anilines is 1. The molecule has 3 heterocycles. The number of hydrogen-bond donors (Lipinski definition) is 1. The van der Waals surface area contributed by atoms with Crippen LogP contribution < -0.4 is 11.0 Å². The number of nitriles is 1. The van der Waals surface area contributed by atoms with E-state index in [9.17, 15) is 38.1 Å². The summed E-state index contributed by atoms with van der Waals surface area (Å²) >= 11 is 0.838. The number of amides is 1. The van der Waals surface area contributed by atoms with Crippen molar-refractivity contribution in [2.24, 2.45) is 0 Å². The molecule has 3 aromatic rings. The lowest BCUT2D eigenvalue weighted by molar-refractivity contribution is -0.307. The van der Waals surface area contributed by atoms with E-state index in [1.165, 1.54) is 46.0 Å². The monoisotopic (exact) mass is 1070 g/mol. The minimum Gasteiger partial charge on any atom is -0.463 e. The Morgan fingerprint density at radius 1 is 0.775 bits per heavy atom. The fourth-order valence-corrected chi connectivity index (χ4v) is 11.3. The normalized spacial score (nSPS) is 23.5. The minimum absolute atomic E-state index is 0.0477. The van der Waals surface area contributed by atoms with E-state index >= 15 is 4.39 Å². The first-order valence-electron chi connectivity index (χ1n) is 21.6. The number of halogens is 1. The molecule has 0 spiro atoms. The fraction of sp³-hybridized carbons (Fsp3) is 0.477. The van der Waals surface area contributed by atoms with E-state index in [4.69, 9.17) is 52.0 Å². The Morgan fingerprint density at radius 2 is 1.38 bits per heavy atom. The van der Waals surface area contributed by atoms with Gasteiger partial charge in [0.15, 0.2) is 36.9 Å². The van der Waals surface area contributed by atoms with Crippen LogP contribution in [-0.4, -0.2) is 138 Å². The molecule has 0 bridgehead atoms. The van der Waals surface area contributed by atoms with Gasteiger partial charge in [-0.3, -0.25) is 42.1 Å². The summed E-state index contributed by atoms with van der Waals surface area (Å²) in [4.78, 5) is 91.0. The van der Waals surface area contributed by atoms with Crippen molar-refractivity contribution in [2.75, 3.05) is 49.9 Å². The van der Waals surface area contributed by atoms with Gasteiger partial charge in [-0.1, -0.05) is 58.0 Å². The maximum atomic E-state index is 16.5. The average Bonchev–Trinajstić information content (AvgIpc) is 3.63. The molecule has 384 valence electrons. The standard InChI is InChI=1S/C44H50FN4O18PS3/c1-26(50)59-24-32-36(63-27(2)51)38(64-28(3)52)39(65-29(4)53)43(66-32)58-20-22-69-70-23-21-61-68(57,60-19-11-17-46)62-25-33-37(67-42(55)31-14-9-6-10-15-31)35(45)41(71-33)49-18-16-34(48-44(49)56)47-40(54)30-12-7-5-8-13-30/h5-10,12-16,18,32-33,35-39,41,43H,11,19-25H2,1-4H3,(H,47,48,54,56)/t32-,33-,35+,36-,37-,38+,39-,41-,43-,68?/m1/s1. The van der Waals surface area contributed by atoms with Crippen molar-refractivity contribution in [3.8, 4) is 6.07 Å². The van der Waals surface area contributed by atoms with Gasteiger partial charge in [0.05, 0.1) is 49.7 Å². The highest BCUT2D eigenvalue weighted by Gasteiger charge is 2.53. The van der Waals surface area contributed by atoms with E-state index in [1.54, 1.807) is 48.5 Å². The van der Waals surface area contributed by atoms with Crippen LogP contribution in [0.3, 0.4) is 0 Å². The lowest BCUT2D eigenvalue weighted by atomic mass is 9.98. The van der Waals surface area contributed by atoms with E-state index in [-0.39, 0.29) is 49.1 Å². The van der Waals surface area contributed by atoms with E-state index in [0.29, 0.717) is 5.56 Å². The predicted molar refractivity (Wildman–Crippen MR) is 252 cm³/mol. The van der Waals surface area contributed by atoms with E-state index in [1.807, 2.05) is 6.07 Å². The van der Waals surface area contributed by atoms with Crippen molar-refractivity contribution in [3.63, 3.8) is 0 Å². The van der Waals surface area contributed by atoms with Crippen molar-refractivity contribution in [2.45, 2.75) is 87.7 Å². The Balaban J connectivity index is 1.20. The first-order valence-corrected chi connectivity index (χ1v) is 26.5. The summed E-state index contributed by atoms with van der Waals surface area (Å²) < 4.78 is 86.9. The van der Waals surface area contributed by atoms with Crippen molar-refractivity contribution in [1.82, 2.24) is 9.55 Å². The van der Waals surface area contributed by atoms with Crippen LogP contribution in [0, 0.1) is 11.3 Å². The number of alkyl halides is 1. The second-order valence-electron chi connectivity index (χ2n) is 15.0. The van der Waals surface area contributed by atoms with Gasteiger partial charge in [-0.15, -0.1) is 11.8 Å². The fourth-order valence-electron chi connectivity index (χ4n) is 6.71. The molecule has 1 aromatic heterocycles. The summed E-state index contributed by atoms with van der Waals surface area (Å²) in [5.41, 5.74) is -0.504. The summed E-state index contributed by atoms with van der Waals surface area (Å²) in [7, 11) is -1.98. The van der Waals surface area contributed by atoms with E-state index in [2.05, 4.69) is 10.3 Å². The maximum Gasteiger partial charge on any atom is 0.474 e. The quantitative estimate of drug-likeness (QED) is 0.0374. The number of nitrogens with one attached hydrogen (secondary N) is 1. The number of phosphoric ester groups is 1. The van der Waals surface area contributed by atoms with Crippen LogP contribution in [0.25, 0.3) is 0 Å². The van der Waals surface area contributed by atoms with Gasteiger partial charge in [0, 0.05) is 51.0 Å². The number of carbonyl (C=O) groups is 6. The van der Waals surface area contributed by atoms with Crippen LogP contribution in [0.1, 0.15) is 60.2 Å². The van der Waals surface area contributed by atoms with Gasteiger partial charge in [-0.2, -0.15) is 10.2 Å². The third kappa shape index (κ3) is 17.4. The zero-order valence-electron chi connectivity index (χ0n) is 38.5. The molecule has 2 fully saturated rings. The molecule has 27 heteroatoms. The first kappa shape index (κ1) is 56.6. The number of phosphoric acid groups is 1. The third-order valence-electron chi connectivity index (χ3n) is 9.66. The smallest absolute Gasteiger partial charge is 0.463 e. The molecule has 0 aliphatic carbocycles. The van der Waals surface area contributed by atoms with Gasteiger partial charge in [-0.25, -0.2) is 18.5 Å². The number of aromatic nitrogens is 2. The number of benzene rings is 2. The number of hydrogen-bond acceptors (Lipinski definition) is 23. The van der Waals surface area contributed by atoms with Crippen LogP contribution in [0.15, 0.2) is 77.7 Å². The van der Waals surface area contributed by atoms with Crippen LogP contribution in [-0.2, 0) is 70.5 Å². The van der Waals surface area contributed by atoms with Crippen LogP contribution in [0.5, 0.6) is 0 Å². The molecule has 2 aromatic carbocycles. The summed E-state index contributed by atoms with van der Waals surface area (Å²) in [5.74, 6) is -4.10. The molecular formula is C44H50FN4O18PS3. The summed E-state index contributed by atoms with van der Waals surface area (Å²) in [6.45, 7) is 2.80. The molecule has 71 heavy (non-hydrogen) atoms. The summed E-state index contributed by atoms with van der Waals surface area (Å²) in [6.07, 6.45) is -9.28. The Morgan fingerprint density at radius 3 is 2.00 bits per heavy atom. The lowest BCUT2D eigenvalue weighted by Crippen LogP contribution is -2.63. The predicted octanol–water partition coefficient (Wildman–Crippen LogP) is 5.23. The largest absolute Gasteiger partial charge is 0.474 e. The molecular weight excluding hydrogens is 1020 g/mol. The van der Waals surface area contributed by atoms with Crippen molar-refractivity contribution in [1.29, 1.82) is 5.26 Å². The molecule has 1 amide bonds. The topological polar surface area (TPSA) is 282 Å². The SMILES string of the molecule is CC(=O)OC[C@H]1O[C@@H](OCCSSCCOP(=O)(OCCC#N)OC[C@H]2S[C@@H](n3ccc(NC(=O)c4ccccc4)nc3=O)[C@@H](F)[C@@H]2OC(=O)c2ccccc2)[C@H](OC(C)=O)[C@@H](OC(C)=O)[C@@H]1OC(C)=O. The van der Waals surface area contributed by atoms with Crippen LogP contribution in [0.4, 0.5) is 10.2 Å². The Hall–Kier alpha value is -5.36. The molecule has 10 atom stereocenters. The number of esters is 5. The highest BCUT2D eigenvalue weighted by Crippen LogP contribution is 2.52. The molecule has 2 saturated heterocycles. The Bertz CT molecular complexity index is 2460. The average molecular weight is 1070 g/mol. The zero-order chi connectivity index (χ0) is 51.5. The molecule has 2 aliphatic rings. The molecule has 22 nitrogen and oxygen atoms in total. The van der Waals surface area contributed by atoms with Gasteiger partial charge in [0.2, 0.25) is 0 Å². The maximum absolute atomic E-state index is 16.5. The zero-order valence-corrected chi connectivity index (χ0v) is 41.9. The van der Waals surface area contributed by atoms with Crippen LogP contribution in [0.2, 0.25) is 0 Å². The highest BCUT2D eigenvalue weighted by atomic mass is 33.1. The van der Waals surface area contributed by atoms with E-state index in [0.717, 1.165) is 44.0 Å². The first-order chi connectivity index (χ1) is 34.0. The van der Waals surface area contributed by atoms with Gasteiger partial charge >= 0.3 is 43.4 Å². The molecule has 5 rings (SSSR count). The molecule has 2 aliphatic heterocycles. The second kappa shape index (κ2) is 28.0. The minimum atomic E-state index is -4.49.